The van der Waals surface area contributed by atoms with Gasteiger partial charge in [0.05, 0.1) is 10.5 Å². The number of nitrogens with zero attached hydrogens (tertiary/aromatic N) is 2. The van der Waals surface area contributed by atoms with Gasteiger partial charge < -0.3 is 0 Å². The number of rotatable bonds is 2. The molecule has 0 N–H and O–H groups in total. The van der Waals surface area contributed by atoms with Crippen molar-refractivity contribution in [2.45, 2.75) is 0 Å². The van der Waals surface area contributed by atoms with Gasteiger partial charge in [0.25, 0.3) is 5.69 Å². The lowest BCUT2D eigenvalue weighted by Crippen LogP contribution is -1.92. The van der Waals surface area contributed by atoms with Gasteiger partial charge in [-0.2, -0.15) is 0 Å². The molecule has 2 rings (SSSR count). The first kappa shape index (κ1) is 11.0. The SMILES string of the molecule is O=[N+]([O-])c1ccc(I)cc1-c1ccncc1. The van der Waals surface area contributed by atoms with Gasteiger partial charge in [-0.3, -0.25) is 15.1 Å². The van der Waals surface area contributed by atoms with Crippen molar-refractivity contribution in [3.8, 4) is 11.1 Å². The Morgan fingerprint density at radius 3 is 2.50 bits per heavy atom. The highest BCUT2D eigenvalue weighted by molar-refractivity contribution is 14.1. The first-order valence-electron chi connectivity index (χ1n) is 4.53. The summed E-state index contributed by atoms with van der Waals surface area (Å²) in [5.41, 5.74) is 1.55. The van der Waals surface area contributed by atoms with Crippen LogP contribution in [0.25, 0.3) is 11.1 Å². The van der Waals surface area contributed by atoms with Gasteiger partial charge in [-0.05, 0) is 52.4 Å². The van der Waals surface area contributed by atoms with Crippen molar-refractivity contribution in [2.24, 2.45) is 0 Å². The Morgan fingerprint density at radius 2 is 1.88 bits per heavy atom. The molecule has 16 heavy (non-hydrogen) atoms. The van der Waals surface area contributed by atoms with E-state index >= 15 is 0 Å². The second kappa shape index (κ2) is 4.56. The predicted molar refractivity (Wildman–Crippen MR) is 69.0 cm³/mol. The van der Waals surface area contributed by atoms with Crippen LogP contribution in [0.5, 0.6) is 0 Å². The van der Waals surface area contributed by atoms with Gasteiger partial charge in [0.2, 0.25) is 0 Å². The van der Waals surface area contributed by atoms with Gasteiger partial charge in [0, 0.05) is 22.0 Å². The second-order valence-electron chi connectivity index (χ2n) is 3.15. The Labute approximate surface area is 106 Å². The van der Waals surface area contributed by atoms with E-state index in [-0.39, 0.29) is 10.6 Å². The van der Waals surface area contributed by atoms with E-state index in [1.807, 2.05) is 0 Å². The monoisotopic (exact) mass is 326 g/mol. The smallest absolute Gasteiger partial charge is 0.265 e. The molecule has 0 amide bonds. The molecule has 0 aliphatic rings. The molecule has 0 saturated heterocycles. The molecule has 4 nitrogen and oxygen atoms in total. The van der Waals surface area contributed by atoms with Crippen molar-refractivity contribution in [3.05, 3.63) is 56.4 Å². The number of benzene rings is 1. The summed E-state index contributed by atoms with van der Waals surface area (Å²) in [4.78, 5) is 14.4. The molecule has 0 spiro atoms. The zero-order valence-electron chi connectivity index (χ0n) is 8.13. The van der Waals surface area contributed by atoms with Crippen LogP contribution >= 0.6 is 22.6 Å². The van der Waals surface area contributed by atoms with E-state index in [1.165, 1.54) is 6.07 Å². The van der Waals surface area contributed by atoms with Gasteiger partial charge in [0.15, 0.2) is 0 Å². The summed E-state index contributed by atoms with van der Waals surface area (Å²) in [5.74, 6) is 0. The summed E-state index contributed by atoms with van der Waals surface area (Å²) in [6, 6.07) is 8.58. The molecule has 0 unspecified atom stereocenters. The Morgan fingerprint density at radius 1 is 1.19 bits per heavy atom. The van der Waals surface area contributed by atoms with Gasteiger partial charge >= 0.3 is 0 Å². The number of nitro benzene ring substituents is 1. The van der Waals surface area contributed by atoms with Crippen LogP contribution in [0, 0.1) is 13.7 Å². The topological polar surface area (TPSA) is 56.0 Å². The van der Waals surface area contributed by atoms with Crippen LogP contribution in [0.1, 0.15) is 0 Å². The fraction of sp³-hybridized carbons (Fsp3) is 0. The van der Waals surface area contributed by atoms with Crippen LogP contribution in [0.3, 0.4) is 0 Å². The molecule has 0 fully saturated rings. The normalized spacial score (nSPS) is 10.1. The number of hydrogen-bond acceptors (Lipinski definition) is 3. The second-order valence-corrected chi connectivity index (χ2v) is 4.40. The van der Waals surface area contributed by atoms with E-state index in [4.69, 9.17) is 0 Å². The molecule has 0 radical (unpaired) electrons. The Hall–Kier alpha value is -1.50. The third-order valence-corrected chi connectivity index (χ3v) is 2.82. The van der Waals surface area contributed by atoms with Crippen LogP contribution < -0.4 is 0 Å². The van der Waals surface area contributed by atoms with Crippen LogP contribution in [0.15, 0.2) is 42.7 Å². The van der Waals surface area contributed by atoms with E-state index in [2.05, 4.69) is 27.6 Å². The third-order valence-electron chi connectivity index (χ3n) is 2.15. The maximum atomic E-state index is 10.9. The lowest BCUT2D eigenvalue weighted by molar-refractivity contribution is -0.384. The molecule has 1 heterocycles. The summed E-state index contributed by atoms with van der Waals surface area (Å²) < 4.78 is 0.968. The maximum Gasteiger partial charge on any atom is 0.277 e. The lowest BCUT2D eigenvalue weighted by Gasteiger charge is -2.03. The van der Waals surface area contributed by atoms with E-state index in [0.717, 1.165) is 9.13 Å². The molecule has 0 atom stereocenters. The van der Waals surface area contributed by atoms with Crippen LogP contribution in [0.2, 0.25) is 0 Å². The molecule has 0 aliphatic heterocycles. The Bertz CT molecular complexity index is 529. The number of nitro groups is 1. The summed E-state index contributed by atoms with van der Waals surface area (Å²) >= 11 is 2.13. The first-order valence-corrected chi connectivity index (χ1v) is 5.60. The highest BCUT2D eigenvalue weighted by atomic mass is 127. The first-order chi connectivity index (χ1) is 7.68. The van der Waals surface area contributed by atoms with Crippen molar-refractivity contribution >= 4 is 28.3 Å². The fourth-order valence-corrected chi connectivity index (χ4v) is 1.92. The lowest BCUT2D eigenvalue weighted by atomic mass is 10.1. The minimum absolute atomic E-state index is 0.117. The average Bonchev–Trinajstić information content (AvgIpc) is 2.29. The van der Waals surface area contributed by atoms with Gasteiger partial charge in [-0.25, -0.2) is 0 Å². The zero-order chi connectivity index (χ0) is 11.5. The molecule has 5 heteroatoms. The number of hydrogen-bond donors (Lipinski definition) is 0. The van der Waals surface area contributed by atoms with Crippen molar-refractivity contribution in [1.82, 2.24) is 4.98 Å². The molecule has 0 bridgehead atoms. The predicted octanol–water partition coefficient (Wildman–Crippen LogP) is 3.26. The Kier molecular flexibility index (Phi) is 3.14. The molecule has 1 aromatic carbocycles. The molecule has 2 aromatic rings. The molecule has 1 aromatic heterocycles. The van der Waals surface area contributed by atoms with E-state index in [0.29, 0.717) is 5.56 Å². The number of halogens is 1. The highest BCUT2D eigenvalue weighted by Gasteiger charge is 2.14. The molecule has 0 aliphatic carbocycles. The van der Waals surface area contributed by atoms with Gasteiger partial charge in [-0.15, -0.1) is 0 Å². The van der Waals surface area contributed by atoms with E-state index in [1.54, 1.807) is 36.7 Å². The van der Waals surface area contributed by atoms with Crippen molar-refractivity contribution in [2.75, 3.05) is 0 Å². The minimum Gasteiger partial charge on any atom is -0.265 e. The summed E-state index contributed by atoms with van der Waals surface area (Å²) in [5, 5.41) is 10.9. The molecular formula is C11H7IN2O2. The summed E-state index contributed by atoms with van der Waals surface area (Å²) in [6.07, 6.45) is 3.25. The van der Waals surface area contributed by atoms with Crippen molar-refractivity contribution < 1.29 is 4.92 Å². The largest absolute Gasteiger partial charge is 0.277 e. The number of pyridine rings is 1. The van der Waals surface area contributed by atoms with E-state index in [9.17, 15) is 10.1 Å². The number of aromatic nitrogens is 1. The minimum atomic E-state index is -0.369. The molecule has 0 saturated carbocycles. The summed E-state index contributed by atoms with van der Waals surface area (Å²) in [6.45, 7) is 0. The van der Waals surface area contributed by atoms with Gasteiger partial charge in [-0.1, -0.05) is 0 Å². The van der Waals surface area contributed by atoms with Crippen LogP contribution in [0.4, 0.5) is 5.69 Å². The van der Waals surface area contributed by atoms with Crippen LogP contribution in [-0.4, -0.2) is 9.91 Å². The average molecular weight is 326 g/mol. The van der Waals surface area contributed by atoms with Crippen molar-refractivity contribution in [3.63, 3.8) is 0 Å². The maximum absolute atomic E-state index is 10.9. The zero-order valence-corrected chi connectivity index (χ0v) is 10.3. The highest BCUT2D eigenvalue weighted by Crippen LogP contribution is 2.30. The fourth-order valence-electron chi connectivity index (χ4n) is 1.43. The molecular weight excluding hydrogens is 319 g/mol. The Balaban J connectivity index is 2.63. The standard InChI is InChI=1S/C11H7IN2O2/c12-9-1-2-11(14(15)16)10(7-9)8-3-5-13-6-4-8/h1-7H. The summed E-state index contributed by atoms with van der Waals surface area (Å²) in [7, 11) is 0. The molecule has 80 valence electrons. The quantitative estimate of drug-likeness (QED) is 0.483. The van der Waals surface area contributed by atoms with Gasteiger partial charge in [0.1, 0.15) is 0 Å². The van der Waals surface area contributed by atoms with Crippen molar-refractivity contribution in [1.29, 1.82) is 0 Å². The van der Waals surface area contributed by atoms with Crippen LogP contribution in [-0.2, 0) is 0 Å². The van der Waals surface area contributed by atoms with E-state index < -0.39 is 0 Å². The third kappa shape index (κ3) is 2.19.